The first kappa shape index (κ1) is 14.3. The summed E-state index contributed by atoms with van der Waals surface area (Å²) < 4.78 is 0. The lowest BCUT2D eigenvalue weighted by molar-refractivity contribution is 0.0683. The van der Waals surface area contributed by atoms with Gasteiger partial charge in [0.2, 0.25) is 0 Å². The average Bonchev–Trinajstić information content (AvgIpc) is 2.53. The van der Waals surface area contributed by atoms with Crippen LogP contribution in [-0.4, -0.2) is 27.6 Å². The van der Waals surface area contributed by atoms with Crippen molar-refractivity contribution in [2.75, 3.05) is 11.9 Å². The molecule has 1 aliphatic rings. The molecule has 0 bridgehead atoms. The molecule has 2 aromatic carbocycles. The third-order valence-electron chi connectivity index (χ3n) is 3.80. The van der Waals surface area contributed by atoms with Crippen LogP contribution < -0.4 is 5.32 Å². The molecule has 3 rings (SSSR count). The van der Waals surface area contributed by atoms with Crippen LogP contribution in [0.15, 0.2) is 42.5 Å². The molecular weight excluding hydrogens is 280 g/mol. The van der Waals surface area contributed by atoms with Gasteiger partial charge in [0.05, 0.1) is 5.56 Å². The molecular formula is C17H18N2O3. The fourth-order valence-electron chi connectivity index (χ4n) is 2.74. The molecule has 0 radical (unpaired) electrons. The zero-order valence-electron chi connectivity index (χ0n) is 12.3. The minimum absolute atomic E-state index is 0.0336. The number of phenolic OH excluding ortho intramolecular Hbond substituents is 2. The predicted octanol–water partition coefficient (Wildman–Crippen LogP) is 3.07. The van der Waals surface area contributed by atoms with Crippen molar-refractivity contribution >= 4 is 11.6 Å². The van der Waals surface area contributed by atoms with E-state index >= 15 is 0 Å². The van der Waals surface area contributed by atoms with Gasteiger partial charge in [-0.05, 0) is 36.2 Å². The van der Waals surface area contributed by atoms with Gasteiger partial charge in [0.15, 0.2) is 11.5 Å². The Morgan fingerprint density at radius 2 is 1.91 bits per heavy atom. The van der Waals surface area contributed by atoms with E-state index in [1.807, 2.05) is 25.1 Å². The Kier molecular flexibility index (Phi) is 3.63. The van der Waals surface area contributed by atoms with E-state index in [4.69, 9.17) is 0 Å². The number of aromatic hydroxyl groups is 2. The number of nitrogens with one attached hydrogen (secondary N) is 1. The van der Waals surface area contributed by atoms with Gasteiger partial charge in [-0.25, -0.2) is 0 Å². The summed E-state index contributed by atoms with van der Waals surface area (Å²) in [6.45, 7) is 2.62. The molecule has 5 heteroatoms. The van der Waals surface area contributed by atoms with Crippen LogP contribution in [-0.2, 0) is 0 Å². The quantitative estimate of drug-likeness (QED) is 0.761. The number of anilines is 1. The van der Waals surface area contributed by atoms with Crippen molar-refractivity contribution in [2.45, 2.75) is 19.5 Å². The zero-order chi connectivity index (χ0) is 15.7. The molecule has 1 aliphatic heterocycles. The number of para-hydroxylation sites is 1. The number of carbonyl (C=O) groups excluding carboxylic acids is 1. The highest BCUT2D eigenvalue weighted by Crippen LogP contribution is 2.35. The van der Waals surface area contributed by atoms with E-state index in [1.54, 1.807) is 17.0 Å². The number of benzene rings is 2. The van der Waals surface area contributed by atoms with Gasteiger partial charge in [-0.1, -0.05) is 25.1 Å². The van der Waals surface area contributed by atoms with Gasteiger partial charge >= 0.3 is 0 Å². The lowest BCUT2D eigenvalue weighted by Gasteiger charge is -2.38. The summed E-state index contributed by atoms with van der Waals surface area (Å²) in [7, 11) is 0. The van der Waals surface area contributed by atoms with E-state index in [0.717, 1.165) is 17.7 Å². The van der Waals surface area contributed by atoms with Crippen LogP contribution in [0.4, 0.5) is 5.69 Å². The summed E-state index contributed by atoms with van der Waals surface area (Å²) in [5.74, 6) is -0.399. The second-order valence-electron chi connectivity index (χ2n) is 5.34. The summed E-state index contributed by atoms with van der Waals surface area (Å²) in [6.07, 6.45) is 0.463. The highest BCUT2D eigenvalue weighted by atomic mass is 16.3. The van der Waals surface area contributed by atoms with Crippen molar-refractivity contribution < 1.29 is 15.0 Å². The number of amides is 1. The molecule has 3 N–H and O–H groups in total. The highest BCUT2D eigenvalue weighted by Gasteiger charge is 2.32. The van der Waals surface area contributed by atoms with Gasteiger partial charge < -0.3 is 20.4 Å². The van der Waals surface area contributed by atoms with Crippen LogP contribution in [0.1, 0.15) is 35.4 Å². The van der Waals surface area contributed by atoms with E-state index in [0.29, 0.717) is 12.1 Å². The summed E-state index contributed by atoms with van der Waals surface area (Å²) >= 11 is 0. The second kappa shape index (κ2) is 5.60. The summed E-state index contributed by atoms with van der Waals surface area (Å²) in [6, 6.07) is 12.0. The van der Waals surface area contributed by atoms with Gasteiger partial charge in [-0.15, -0.1) is 0 Å². The minimum atomic E-state index is -0.367. The molecule has 5 nitrogen and oxygen atoms in total. The SMILES string of the molecule is CCCN1C(=O)c2ccccc2N[C@H]1c1ccc(O)c(O)c1. The molecule has 1 atom stereocenters. The Bertz CT molecular complexity index is 715. The smallest absolute Gasteiger partial charge is 0.257 e. The van der Waals surface area contributed by atoms with Crippen LogP contribution in [0.5, 0.6) is 11.5 Å². The summed E-state index contributed by atoms with van der Waals surface area (Å²) in [5.41, 5.74) is 2.15. The average molecular weight is 298 g/mol. The number of rotatable bonds is 3. The van der Waals surface area contributed by atoms with E-state index in [9.17, 15) is 15.0 Å². The summed E-state index contributed by atoms with van der Waals surface area (Å²) in [4.78, 5) is 14.5. The third kappa shape index (κ3) is 2.35. The van der Waals surface area contributed by atoms with E-state index < -0.39 is 0 Å². The summed E-state index contributed by atoms with van der Waals surface area (Å²) in [5, 5.41) is 22.5. The fourth-order valence-corrected chi connectivity index (χ4v) is 2.74. The number of nitrogens with zero attached hydrogens (tertiary/aromatic N) is 1. The molecule has 0 spiro atoms. The van der Waals surface area contributed by atoms with Crippen molar-refractivity contribution in [1.82, 2.24) is 4.90 Å². The molecule has 0 fully saturated rings. The molecule has 0 unspecified atom stereocenters. The predicted molar refractivity (Wildman–Crippen MR) is 83.9 cm³/mol. The van der Waals surface area contributed by atoms with Crippen molar-refractivity contribution in [3.05, 3.63) is 53.6 Å². The molecule has 0 aromatic heterocycles. The number of fused-ring (bicyclic) bond motifs is 1. The second-order valence-corrected chi connectivity index (χ2v) is 5.34. The first-order chi connectivity index (χ1) is 10.6. The van der Waals surface area contributed by atoms with Crippen molar-refractivity contribution in [1.29, 1.82) is 0 Å². The van der Waals surface area contributed by atoms with Crippen molar-refractivity contribution in [2.24, 2.45) is 0 Å². The topological polar surface area (TPSA) is 72.8 Å². The maximum Gasteiger partial charge on any atom is 0.257 e. The van der Waals surface area contributed by atoms with E-state index in [2.05, 4.69) is 5.32 Å². The molecule has 0 saturated heterocycles. The van der Waals surface area contributed by atoms with Crippen LogP contribution in [0.25, 0.3) is 0 Å². The number of carbonyl (C=O) groups is 1. The molecule has 2 aromatic rings. The lowest BCUT2D eigenvalue weighted by atomic mass is 10.0. The lowest BCUT2D eigenvalue weighted by Crippen LogP contribution is -2.43. The Hall–Kier alpha value is -2.69. The van der Waals surface area contributed by atoms with Gasteiger partial charge in [0.25, 0.3) is 5.91 Å². The molecule has 1 amide bonds. The molecule has 22 heavy (non-hydrogen) atoms. The van der Waals surface area contributed by atoms with Crippen LogP contribution in [0.2, 0.25) is 0 Å². The van der Waals surface area contributed by atoms with Crippen LogP contribution in [0.3, 0.4) is 0 Å². The number of phenols is 2. The van der Waals surface area contributed by atoms with Gasteiger partial charge in [0, 0.05) is 12.2 Å². The Balaban J connectivity index is 2.05. The third-order valence-corrected chi connectivity index (χ3v) is 3.80. The molecule has 0 saturated carbocycles. The van der Waals surface area contributed by atoms with E-state index in [1.165, 1.54) is 12.1 Å². The molecule has 1 heterocycles. The number of hydrogen-bond donors (Lipinski definition) is 3. The standard InChI is InChI=1S/C17H18N2O3/c1-2-9-19-16(11-7-8-14(20)15(21)10-11)18-13-6-4-3-5-12(13)17(19)22/h3-8,10,16,18,20-21H,2,9H2,1H3/t16-/m1/s1. The van der Waals surface area contributed by atoms with Gasteiger partial charge in [-0.3, -0.25) is 4.79 Å². The zero-order valence-corrected chi connectivity index (χ0v) is 12.3. The van der Waals surface area contributed by atoms with Crippen LogP contribution in [0, 0.1) is 0 Å². The Labute approximate surface area is 128 Å². The molecule has 0 aliphatic carbocycles. The highest BCUT2D eigenvalue weighted by molar-refractivity contribution is 6.01. The Morgan fingerprint density at radius 3 is 2.64 bits per heavy atom. The maximum atomic E-state index is 12.7. The van der Waals surface area contributed by atoms with Gasteiger partial charge in [0.1, 0.15) is 6.17 Å². The van der Waals surface area contributed by atoms with Gasteiger partial charge in [-0.2, -0.15) is 0 Å². The fraction of sp³-hybridized carbons (Fsp3) is 0.235. The van der Waals surface area contributed by atoms with Crippen molar-refractivity contribution in [3.8, 4) is 11.5 Å². The molecule has 114 valence electrons. The van der Waals surface area contributed by atoms with Crippen molar-refractivity contribution in [3.63, 3.8) is 0 Å². The maximum absolute atomic E-state index is 12.7. The largest absolute Gasteiger partial charge is 0.504 e. The number of hydrogen-bond acceptors (Lipinski definition) is 4. The minimum Gasteiger partial charge on any atom is -0.504 e. The van der Waals surface area contributed by atoms with E-state index in [-0.39, 0.29) is 23.6 Å². The normalized spacial score (nSPS) is 17.0. The first-order valence-electron chi connectivity index (χ1n) is 7.30. The monoisotopic (exact) mass is 298 g/mol. The van der Waals surface area contributed by atoms with Crippen LogP contribution >= 0.6 is 0 Å². The Morgan fingerprint density at radius 1 is 1.14 bits per heavy atom. The first-order valence-corrected chi connectivity index (χ1v) is 7.30.